The largest absolute Gasteiger partial charge is 0.320 e. The first kappa shape index (κ1) is 14.8. The molecule has 0 aliphatic carbocycles. The zero-order valence-electron chi connectivity index (χ0n) is 9.76. The Morgan fingerprint density at radius 3 is 2.33 bits per heavy atom. The van der Waals surface area contributed by atoms with E-state index in [1.165, 1.54) is 19.3 Å². The second-order valence-corrected chi connectivity index (χ2v) is 3.80. The molecule has 0 bridgehead atoms. The highest BCUT2D eigenvalue weighted by Crippen LogP contribution is 2.19. The van der Waals surface area contributed by atoms with E-state index in [9.17, 15) is 0 Å². The lowest BCUT2D eigenvalue weighted by molar-refractivity contribution is 0.582. The van der Waals surface area contributed by atoms with E-state index in [1.807, 2.05) is 18.4 Å². The summed E-state index contributed by atoms with van der Waals surface area (Å²) < 4.78 is 1.89. The Bertz CT molecular complexity index is 259. The van der Waals surface area contributed by atoms with E-state index in [0.717, 1.165) is 13.0 Å². The Morgan fingerprint density at radius 2 is 1.87 bits per heavy atom. The van der Waals surface area contributed by atoms with Gasteiger partial charge in [-0.25, -0.2) is 4.98 Å². The molecule has 0 radical (unpaired) electrons. The van der Waals surface area contributed by atoms with Gasteiger partial charge >= 0.3 is 0 Å². The monoisotopic (exact) mass is 250 g/mol. The Labute approximate surface area is 103 Å². The highest BCUT2D eigenvalue weighted by Gasteiger charge is 2.04. The molecule has 0 aliphatic rings. The van der Waals surface area contributed by atoms with E-state index < -0.39 is 0 Å². The highest BCUT2D eigenvalue weighted by atomic mass is 35.5. The predicted molar refractivity (Wildman–Crippen MR) is 67.7 cm³/mol. The van der Waals surface area contributed by atoms with Crippen molar-refractivity contribution in [2.24, 2.45) is 0 Å². The van der Waals surface area contributed by atoms with Crippen LogP contribution >= 0.6 is 23.2 Å². The topological polar surface area (TPSA) is 17.8 Å². The molecule has 0 unspecified atom stereocenters. The summed E-state index contributed by atoms with van der Waals surface area (Å²) in [6, 6.07) is 0. The molecule has 1 heterocycles. The van der Waals surface area contributed by atoms with E-state index in [1.54, 1.807) is 6.33 Å². The van der Waals surface area contributed by atoms with Crippen LogP contribution in [-0.2, 0) is 6.54 Å². The fraction of sp³-hybridized carbons (Fsp3) is 0.727. The van der Waals surface area contributed by atoms with Gasteiger partial charge in [-0.05, 0) is 6.42 Å². The van der Waals surface area contributed by atoms with Crippen LogP contribution in [0.5, 0.6) is 0 Å². The van der Waals surface area contributed by atoms with Crippen molar-refractivity contribution in [2.45, 2.75) is 53.0 Å². The molecule has 0 atom stereocenters. The highest BCUT2D eigenvalue weighted by molar-refractivity contribution is 6.40. The van der Waals surface area contributed by atoms with Crippen molar-refractivity contribution < 1.29 is 0 Å². The fourth-order valence-corrected chi connectivity index (χ4v) is 1.54. The van der Waals surface area contributed by atoms with Gasteiger partial charge in [-0.15, -0.1) is 0 Å². The smallest absolute Gasteiger partial charge is 0.166 e. The molecule has 0 saturated carbocycles. The Balaban J connectivity index is 0.000000921. The minimum Gasteiger partial charge on any atom is -0.320 e. The number of hydrogen-bond acceptors (Lipinski definition) is 1. The van der Waals surface area contributed by atoms with Crippen LogP contribution in [0.4, 0.5) is 0 Å². The van der Waals surface area contributed by atoms with Crippen molar-refractivity contribution in [1.29, 1.82) is 0 Å². The van der Waals surface area contributed by atoms with Crippen LogP contribution in [0.3, 0.4) is 0 Å². The second-order valence-electron chi connectivity index (χ2n) is 3.08. The maximum atomic E-state index is 5.89. The zero-order chi connectivity index (χ0) is 11.7. The zero-order valence-corrected chi connectivity index (χ0v) is 11.3. The number of imidazole rings is 1. The molecule has 0 amide bonds. The second kappa shape index (κ2) is 9.05. The van der Waals surface area contributed by atoms with E-state index >= 15 is 0 Å². The molecule has 0 saturated heterocycles. The third-order valence-electron chi connectivity index (χ3n) is 1.99. The molecule has 0 spiro atoms. The van der Waals surface area contributed by atoms with Gasteiger partial charge in [0.1, 0.15) is 5.15 Å². The summed E-state index contributed by atoms with van der Waals surface area (Å²) in [5.41, 5.74) is 0. The van der Waals surface area contributed by atoms with Crippen LogP contribution in [0, 0.1) is 0 Å². The van der Waals surface area contributed by atoms with Crippen LogP contribution < -0.4 is 0 Å². The Kier molecular flexibility index (Phi) is 8.92. The number of nitrogens with zero attached hydrogens (tertiary/aromatic N) is 2. The van der Waals surface area contributed by atoms with Gasteiger partial charge in [0.2, 0.25) is 0 Å². The van der Waals surface area contributed by atoms with E-state index in [-0.39, 0.29) is 0 Å². The van der Waals surface area contributed by atoms with Gasteiger partial charge in [-0.3, -0.25) is 0 Å². The van der Waals surface area contributed by atoms with Crippen molar-refractivity contribution >= 4 is 23.2 Å². The molecule has 1 aromatic heterocycles. The van der Waals surface area contributed by atoms with Crippen molar-refractivity contribution in [2.75, 3.05) is 0 Å². The van der Waals surface area contributed by atoms with Crippen molar-refractivity contribution in [3.8, 4) is 0 Å². The van der Waals surface area contributed by atoms with Gasteiger partial charge in [0.15, 0.2) is 5.15 Å². The quantitative estimate of drug-likeness (QED) is 0.687. The van der Waals surface area contributed by atoms with Gasteiger partial charge in [0, 0.05) is 6.54 Å². The predicted octanol–water partition coefficient (Wildman–Crippen LogP) is 4.80. The summed E-state index contributed by atoms with van der Waals surface area (Å²) in [7, 11) is 0. The average molecular weight is 251 g/mol. The maximum absolute atomic E-state index is 5.89. The molecule has 0 aromatic carbocycles. The summed E-state index contributed by atoms with van der Waals surface area (Å²) >= 11 is 11.6. The SMILES string of the molecule is CC.CCCCCCn1cnc(Cl)c1Cl. The number of halogens is 2. The van der Waals surface area contributed by atoms with Crippen LogP contribution in [0.15, 0.2) is 6.33 Å². The molecule has 1 rings (SSSR count). The van der Waals surface area contributed by atoms with Gasteiger partial charge < -0.3 is 4.57 Å². The van der Waals surface area contributed by atoms with Gasteiger partial charge in [-0.2, -0.15) is 0 Å². The lowest BCUT2D eigenvalue weighted by Gasteiger charge is -2.02. The summed E-state index contributed by atoms with van der Waals surface area (Å²) in [4.78, 5) is 3.91. The number of hydrogen-bond donors (Lipinski definition) is 0. The van der Waals surface area contributed by atoms with Crippen molar-refractivity contribution in [1.82, 2.24) is 9.55 Å². The summed E-state index contributed by atoms with van der Waals surface area (Å²) in [5.74, 6) is 0. The molecule has 1 aromatic rings. The average Bonchev–Trinajstić information content (AvgIpc) is 2.59. The normalized spacial score (nSPS) is 9.67. The minimum atomic E-state index is 0.400. The molecule has 4 heteroatoms. The number of rotatable bonds is 5. The minimum absolute atomic E-state index is 0.400. The standard InChI is InChI=1S/C9H14Cl2N2.C2H6/c1-2-3-4-5-6-13-7-12-8(10)9(13)11;1-2/h7H,2-6H2,1H3;1-2H3. The van der Waals surface area contributed by atoms with Crippen LogP contribution in [0.25, 0.3) is 0 Å². The summed E-state index contributed by atoms with van der Waals surface area (Å²) in [6.07, 6.45) is 6.60. The van der Waals surface area contributed by atoms with Gasteiger partial charge in [0.25, 0.3) is 0 Å². The van der Waals surface area contributed by atoms with Crippen molar-refractivity contribution in [3.05, 3.63) is 16.6 Å². The molecule has 0 fully saturated rings. The summed E-state index contributed by atoms with van der Waals surface area (Å²) in [6.45, 7) is 7.11. The first-order valence-electron chi connectivity index (χ1n) is 5.61. The molecular formula is C11H20Cl2N2. The Hall–Kier alpha value is -0.210. The van der Waals surface area contributed by atoms with E-state index in [2.05, 4.69) is 11.9 Å². The van der Waals surface area contributed by atoms with Crippen LogP contribution in [0.1, 0.15) is 46.5 Å². The first-order valence-corrected chi connectivity index (χ1v) is 6.37. The van der Waals surface area contributed by atoms with Gasteiger partial charge in [0.05, 0.1) is 6.33 Å². The Morgan fingerprint density at radius 1 is 1.20 bits per heavy atom. The number of aryl methyl sites for hydroxylation is 1. The lowest BCUT2D eigenvalue weighted by atomic mass is 10.2. The number of unbranched alkanes of at least 4 members (excludes halogenated alkanes) is 3. The molecule has 88 valence electrons. The fourth-order valence-electron chi connectivity index (χ4n) is 1.21. The molecule has 0 N–H and O–H groups in total. The van der Waals surface area contributed by atoms with Crippen LogP contribution in [0.2, 0.25) is 10.3 Å². The van der Waals surface area contributed by atoms with E-state index in [0.29, 0.717) is 10.3 Å². The first-order chi connectivity index (χ1) is 7.25. The van der Waals surface area contributed by atoms with Crippen LogP contribution in [-0.4, -0.2) is 9.55 Å². The third-order valence-corrected chi connectivity index (χ3v) is 2.75. The summed E-state index contributed by atoms with van der Waals surface area (Å²) in [5, 5.41) is 0.954. The lowest BCUT2D eigenvalue weighted by Crippen LogP contribution is -1.95. The molecule has 0 aliphatic heterocycles. The molecule has 15 heavy (non-hydrogen) atoms. The molecule has 2 nitrogen and oxygen atoms in total. The van der Waals surface area contributed by atoms with Crippen molar-refractivity contribution in [3.63, 3.8) is 0 Å². The van der Waals surface area contributed by atoms with E-state index in [4.69, 9.17) is 23.2 Å². The maximum Gasteiger partial charge on any atom is 0.166 e. The third kappa shape index (κ3) is 5.43. The number of aromatic nitrogens is 2. The molecular weight excluding hydrogens is 231 g/mol. The van der Waals surface area contributed by atoms with Gasteiger partial charge in [-0.1, -0.05) is 63.2 Å².